The van der Waals surface area contributed by atoms with Gasteiger partial charge in [0.1, 0.15) is 17.6 Å². The average Bonchev–Trinajstić information content (AvgIpc) is 3.04. The summed E-state index contributed by atoms with van der Waals surface area (Å²) in [6.07, 6.45) is 2.95. The van der Waals surface area contributed by atoms with Crippen LogP contribution in [0.1, 0.15) is 17.5 Å². The molecule has 0 aliphatic heterocycles. The molecule has 1 heterocycles. The highest BCUT2D eigenvalue weighted by Crippen LogP contribution is 2.35. The van der Waals surface area contributed by atoms with Gasteiger partial charge in [0.15, 0.2) is 11.6 Å². The summed E-state index contributed by atoms with van der Waals surface area (Å²) in [6.45, 7) is 0.469. The van der Waals surface area contributed by atoms with Gasteiger partial charge in [0.2, 0.25) is 0 Å². The number of rotatable bonds is 5. The van der Waals surface area contributed by atoms with Crippen LogP contribution in [0.15, 0.2) is 36.5 Å². The molecule has 4 nitrogen and oxygen atoms in total. The number of nitrogens with zero attached hydrogens (tertiary/aromatic N) is 1. The van der Waals surface area contributed by atoms with Crippen molar-refractivity contribution >= 4 is 10.9 Å². The Labute approximate surface area is 137 Å². The van der Waals surface area contributed by atoms with Gasteiger partial charge in [0.25, 0.3) is 0 Å². The van der Waals surface area contributed by atoms with Gasteiger partial charge in [-0.15, -0.1) is 0 Å². The molecule has 24 heavy (non-hydrogen) atoms. The van der Waals surface area contributed by atoms with E-state index in [1.807, 2.05) is 6.07 Å². The minimum absolute atomic E-state index is 0.0750. The summed E-state index contributed by atoms with van der Waals surface area (Å²) in [5.74, 6) is -0.892. The summed E-state index contributed by atoms with van der Waals surface area (Å²) in [5, 5.41) is 9.76. The van der Waals surface area contributed by atoms with Crippen molar-refractivity contribution in [2.45, 2.75) is 12.8 Å². The van der Waals surface area contributed by atoms with Crippen LogP contribution < -0.4 is 10.5 Å². The minimum Gasteiger partial charge on any atom is -0.454 e. The van der Waals surface area contributed by atoms with E-state index < -0.39 is 11.6 Å². The van der Waals surface area contributed by atoms with E-state index in [-0.39, 0.29) is 17.1 Å². The van der Waals surface area contributed by atoms with Crippen LogP contribution in [0.3, 0.4) is 0 Å². The number of hydrogen-bond acceptors (Lipinski definition) is 3. The molecule has 0 atom stereocenters. The highest BCUT2D eigenvalue weighted by atomic mass is 19.1. The largest absolute Gasteiger partial charge is 0.454 e. The van der Waals surface area contributed by atoms with Crippen molar-refractivity contribution in [2.24, 2.45) is 5.73 Å². The fourth-order valence-electron chi connectivity index (χ4n) is 2.63. The van der Waals surface area contributed by atoms with Gasteiger partial charge in [-0.05, 0) is 37.6 Å². The number of H-pyrrole nitrogens is 1. The SMILES string of the molecule is N#Cc1cc(Oc2c(F)cc3[nH]ccc3c2CCCN)ccc1F. The molecule has 6 heteroatoms. The molecule has 3 N–H and O–H groups in total. The van der Waals surface area contributed by atoms with Crippen molar-refractivity contribution in [3.05, 3.63) is 59.3 Å². The Bertz CT molecular complexity index is 928. The molecule has 0 aliphatic rings. The van der Waals surface area contributed by atoms with Crippen molar-refractivity contribution < 1.29 is 13.5 Å². The van der Waals surface area contributed by atoms with E-state index in [9.17, 15) is 8.78 Å². The maximum absolute atomic E-state index is 14.5. The molecule has 3 aromatic rings. The quantitative estimate of drug-likeness (QED) is 0.744. The Morgan fingerprint density at radius 3 is 2.75 bits per heavy atom. The van der Waals surface area contributed by atoms with Gasteiger partial charge in [0.05, 0.1) is 5.56 Å². The fourth-order valence-corrected chi connectivity index (χ4v) is 2.63. The number of nitrogens with two attached hydrogens (primary N) is 1. The van der Waals surface area contributed by atoms with E-state index in [4.69, 9.17) is 15.7 Å². The summed E-state index contributed by atoms with van der Waals surface area (Å²) in [4.78, 5) is 2.97. The third-order valence-electron chi connectivity index (χ3n) is 3.78. The summed E-state index contributed by atoms with van der Waals surface area (Å²) < 4.78 is 33.6. The first-order chi connectivity index (χ1) is 11.6. The minimum atomic E-state index is -0.644. The topological polar surface area (TPSA) is 74.8 Å². The summed E-state index contributed by atoms with van der Waals surface area (Å²) >= 11 is 0. The first kappa shape index (κ1) is 16.0. The van der Waals surface area contributed by atoms with E-state index >= 15 is 0 Å². The van der Waals surface area contributed by atoms with E-state index in [0.29, 0.717) is 30.5 Å². The van der Waals surface area contributed by atoms with E-state index in [1.165, 1.54) is 18.2 Å². The highest BCUT2D eigenvalue weighted by molar-refractivity contribution is 5.85. The number of nitrogens with one attached hydrogen (secondary N) is 1. The lowest BCUT2D eigenvalue weighted by Gasteiger charge is -2.14. The highest BCUT2D eigenvalue weighted by Gasteiger charge is 2.17. The second kappa shape index (κ2) is 6.69. The van der Waals surface area contributed by atoms with Crippen molar-refractivity contribution in [3.63, 3.8) is 0 Å². The zero-order chi connectivity index (χ0) is 17.1. The summed E-state index contributed by atoms with van der Waals surface area (Å²) in [7, 11) is 0. The normalized spacial score (nSPS) is 10.8. The molecule has 0 aliphatic carbocycles. The third-order valence-corrected chi connectivity index (χ3v) is 3.78. The maximum Gasteiger partial charge on any atom is 0.168 e. The smallest absolute Gasteiger partial charge is 0.168 e. The zero-order valence-electron chi connectivity index (χ0n) is 12.8. The molecule has 2 aromatic carbocycles. The van der Waals surface area contributed by atoms with Crippen molar-refractivity contribution in [2.75, 3.05) is 6.54 Å². The Kier molecular flexibility index (Phi) is 4.45. The van der Waals surface area contributed by atoms with Crippen LogP contribution >= 0.6 is 0 Å². The van der Waals surface area contributed by atoms with Gasteiger partial charge in [-0.3, -0.25) is 0 Å². The lowest BCUT2D eigenvalue weighted by Crippen LogP contribution is -2.03. The second-order valence-electron chi connectivity index (χ2n) is 5.35. The number of halogens is 2. The van der Waals surface area contributed by atoms with Crippen LogP contribution in [-0.2, 0) is 6.42 Å². The predicted molar refractivity (Wildman–Crippen MR) is 86.8 cm³/mol. The first-order valence-corrected chi connectivity index (χ1v) is 7.50. The molecule has 122 valence electrons. The van der Waals surface area contributed by atoms with Gasteiger partial charge in [-0.25, -0.2) is 8.78 Å². The fraction of sp³-hybridized carbons (Fsp3) is 0.167. The molecule has 3 rings (SSSR count). The number of fused-ring (bicyclic) bond motifs is 1. The Morgan fingerprint density at radius 1 is 1.17 bits per heavy atom. The zero-order valence-corrected chi connectivity index (χ0v) is 12.8. The second-order valence-corrected chi connectivity index (χ2v) is 5.35. The number of ether oxygens (including phenoxy) is 1. The Hall–Kier alpha value is -2.91. The molecule has 1 aromatic heterocycles. The number of aromatic nitrogens is 1. The van der Waals surface area contributed by atoms with Gasteiger partial charge in [-0.1, -0.05) is 0 Å². The molecule has 0 saturated heterocycles. The van der Waals surface area contributed by atoms with Crippen LogP contribution in [-0.4, -0.2) is 11.5 Å². The van der Waals surface area contributed by atoms with Crippen LogP contribution in [0, 0.1) is 23.0 Å². The number of hydrogen-bond donors (Lipinski definition) is 2. The van der Waals surface area contributed by atoms with E-state index in [1.54, 1.807) is 12.3 Å². The molecule has 0 amide bonds. The number of nitriles is 1. The molecular weight excluding hydrogens is 312 g/mol. The van der Waals surface area contributed by atoms with Crippen LogP contribution in [0.2, 0.25) is 0 Å². The Balaban J connectivity index is 2.08. The molecule has 0 saturated carbocycles. The standard InChI is InChI=1S/C18H15F2N3O/c19-15-4-3-12(8-11(15)10-22)24-18-14(2-1-6-21)13-5-7-23-17(13)9-16(18)20/h3-5,7-9,23H,1-2,6,21H2. The van der Waals surface area contributed by atoms with Gasteiger partial charge < -0.3 is 15.5 Å². The van der Waals surface area contributed by atoms with Crippen LogP contribution in [0.4, 0.5) is 8.78 Å². The molecule has 0 bridgehead atoms. The summed E-state index contributed by atoms with van der Waals surface area (Å²) in [6, 6.07) is 8.68. The molecule has 0 fully saturated rings. The van der Waals surface area contributed by atoms with E-state index in [0.717, 1.165) is 11.5 Å². The number of aryl methyl sites for hydroxylation is 1. The van der Waals surface area contributed by atoms with Crippen LogP contribution in [0.5, 0.6) is 11.5 Å². The van der Waals surface area contributed by atoms with Gasteiger partial charge >= 0.3 is 0 Å². The first-order valence-electron chi connectivity index (χ1n) is 7.50. The van der Waals surface area contributed by atoms with Crippen molar-refractivity contribution in [1.82, 2.24) is 4.98 Å². The summed E-state index contributed by atoms with van der Waals surface area (Å²) in [5.41, 5.74) is 6.78. The number of benzene rings is 2. The van der Waals surface area contributed by atoms with Crippen molar-refractivity contribution in [1.29, 1.82) is 5.26 Å². The molecule has 0 unspecified atom stereocenters. The number of aromatic amines is 1. The monoisotopic (exact) mass is 327 g/mol. The van der Waals surface area contributed by atoms with Crippen LogP contribution in [0.25, 0.3) is 10.9 Å². The maximum atomic E-state index is 14.5. The van der Waals surface area contributed by atoms with Crippen molar-refractivity contribution in [3.8, 4) is 17.6 Å². The third kappa shape index (κ3) is 2.94. The average molecular weight is 327 g/mol. The molecular formula is C18H15F2N3O. The van der Waals surface area contributed by atoms with E-state index in [2.05, 4.69) is 4.98 Å². The lowest BCUT2D eigenvalue weighted by molar-refractivity contribution is 0.436. The van der Waals surface area contributed by atoms with Gasteiger partial charge in [0, 0.05) is 34.8 Å². The Morgan fingerprint density at radius 2 is 2.00 bits per heavy atom. The predicted octanol–water partition coefficient (Wildman–Crippen LogP) is 4.00. The molecule has 0 radical (unpaired) electrons. The van der Waals surface area contributed by atoms with Gasteiger partial charge in [-0.2, -0.15) is 5.26 Å². The lowest BCUT2D eigenvalue weighted by atomic mass is 10.0. The molecule has 0 spiro atoms.